The van der Waals surface area contributed by atoms with E-state index < -0.39 is 0 Å². The highest BCUT2D eigenvalue weighted by molar-refractivity contribution is 5.92. The van der Waals surface area contributed by atoms with Gasteiger partial charge < -0.3 is 4.42 Å². The van der Waals surface area contributed by atoms with Crippen molar-refractivity contribution in [2.24, 2.45) is 0 Å². The van der Waals surface area contributed by atoms with Crippen molar-refractivity contribution < 1.29 is 4.42 Å². The molecule has 292 valence electrons. The number of oxazole rings is 1. The van der Waals surface area contributed by atoms with E-state index in [9.17, 15) is 0 Å². The van der Waals surface area contributed by atoms with Crippen LogP contribution in [0.3, 0.4) is 0 Å². The first-order valence-electron chi connectivity index (χ1n) is 20.8. The van der Waals surface area contributed by atoms with Crippen LogP contribution >= 0.6 is 0 Å². The van der Waals surface area contributed by atoms with Crippen molar-refractivity contribution >= 4 is 11.1 Å². The maximum absolute atomic E-state index is 6.45. The van der Waals surface area contributed by atoms with Crippen molar-refractivity contribution in [3.05, 3.63) is 229 Å². The third kappa shape index (κ3) is 8.41. The van der Waals surface area contributed by atoms with E-state index in [0.717, 1.165) is 98.4 Å². The molecule has 0 spiro atoms. The summed E-state index contributed by atoms with van der Waals surface area (Å²) in [6.07, 6.45) is 9.54. The lowest BCUT2D eigenvalue weighted by molar-refractivity contribution is 0.620. The monoisotopic (exact) mass is 786 g/mol. The lowest BCUT2D eigenvalue weighted by Gasteiger charge is -2.16. The van der Waals surface area contributed by atoms with Crippen LogP contribution in [0.2, 0.25) is 0 Å². The lowest BCUT2D eigenvalue weighted by Crippen LogP contribution is -1.99. The molecule has 4 aromatic heterocycles. The van der Waals surface area contributed by atoms with Crippen LogP contribution in [0.15, 0.2) is 211 Å². The number of hydrogen-bond acceptors (Lipinski definition) is 5. The number of benzene rings is 6. The number of aryl methyl sites for hydroxylation is 4. The predicted molar refractivity (Wildman–Crippen MR) is 248 cm³/mol. The van der Waals surface area contributed by atoms with Gasteiger partial charge in [-0.15, -0.1) is 0 Å². The average Bonchev–Trinajstić information content (AvgIpc) is 3.78. The van der Waals surface area contributed by atoms with E-state index in [4.69, 9.17) is 24.4 Å². The maximum atomic E-state index is 6.45. The van der Waals surface area contributed by atoms with Crippen LogP contribution in [0, 0.1) is 0 Å². The van der Waals surface area contributed by atoms with Crippen LogP contribution in [0.4, 0.5) is 0 Å². The van der Waals surface area contributed by atoms with Gasteiger partial charge in [-0.3, -0.25) is 15.0 Å². The number of aromatic nitrogens is 4. The van der Waals surface area contributed by atoms with E-state index in [2.05, 4.69) is 133 Å². The molecule has 5 nitrogen and oxygen atoms in total. The second-order valence-electron chi connectivity index (χ2n) is 15.4. The third-order valence-electron chi connectivity index (χ3n) is 11.3. The van der Waals surface area contributed by atoms with Crippen molar-refractivity contribution in [3.8, 4) is 67.5 Å². The summed E-state index contributed by atoms with van der Waals surface area (Å²) in [7, 11) is 0. The molecule has 61 heavy (non-hydrogen) atoms. The molecule has 0 radical (unpaired) electrons. The van der Waals surface area contributed by atoms with Crippen molar-refractivity contribution in [3.63, 3.8) is 0 Å². The van der Waals surface area contributed by atoms with E-state index in [1.165, 1.54) is 22.3 Å². The minimum atomic E-state index is 0.568. The topological polar surface area (TPSA) is 64.7 Å². The molecule has 6 aromatic carbocycles. The van der Waals surface area contributed by atoms with Gasteiger partial charge in [0.2, 0.25) is 5.89 Å². The van der Waals surface area contributed by atoms with Gasteiger partial charge in [-0.05, 0) is 95.0 Å². The summed E-state index contributed by atoms with van der Waals surface area (Å²) in [5.41, 5.74) is 17.9. The first kappa shape index (κ1) is 37.5. The summed E-state index contributed by atoms with van der Waals surface area (Å²) >= 11 is 0. The Kier molecular flexibility index (Phi) is 10.6. The minimum absolute atomic E-state index is 0.568. The molecule has 0 saturated carbocycles. The molecule has 0 aliphatic heterocycles. The Labute approximate surface area is 356 Å². The molecular formula is C56H42N4O. The fraction of sp³-hybridized carbons (Fsp3) is 0.0714. The van der Waals surface area contributed by atoms with Crippen molar-refractivity contribution in [2.45, 2.75) is 25.7 Å². The summed E-state index contributed by atoms with van der Waals surface area (Å²) in [5.74, 6) is 0.568. The van der Waals surface area contributed by atoms with Crippen LogP contribution in [-0.2, 0) is 25.7 Å². The molecule has 5 heteroatoms. The molecule has 0 bridgehead atoms. The van der Waals surface area contributed by atoms with Crippen molar-refractivity contribution in [2.75, 3.05) is 0 Å². The molecule has 0 atom stereocenters. The second kappa shape index (κ2) is 17.2. The van der Waals surface area contributed by atoms with Gasteiger partial charge in [-0.25, -0.2) is 4.98 Å². The fourth-order valence-electron chi connectivity index (χ4n) is 8.06. The molecule has 10 rings (SSSR count). The van der Waals surface area contributed by atoms with E-state index in [1.807, 2.05) is 73.2 Å². The zero-order valence-electron chi connectivity index (χ0n) is 33.7. The number of nitrogens with zero attached hydrogens (tertiary/aromatic N) is 4. The van der Waals surface area contributed by atoms with Gasteiger partial charge in [-0.2, -0.15) is 0 Å². The molecule has 0 aliphatic carbocycles. The normalized spacial score (nSPS) is 11.2. The Morgan fingerprint density at radius 1 is 0.328 bits per heavy atom. The summed E-state index contributed by atoms with van der Waals surface area (Å²) in [5, 5.41) is 0. The van der Waals surface area contributed by atoms with Crippen LogP contribution in [0.25, 0.3) is 78.6 Å². The summed E-state index contributed by atoms with van der Waals surface area (Å²) in [6.45, 7) is 0. The van der Waals surface area contributed by atoms with E-state index in [-0.39, 0.29) is 0 Å². The van der Waals surface area contributed by atoms with Gasteiger partial charge in [0.05, 0.1) is 17.1 Å². The highest BCUT2D eigenvalue weighted by Crippen LogP contribution is 2.40. The van der Waals surface area contributed by atoms with Crippen LogP contribution in [0.1, 0.15) is 22.3 Å². The van der Waals surface area contributed by atoms with Gasteiger partial charge in [0.1, 0.15) is 5.52 Å². The molecule has 4 heterocycles. The predicted octanol–water partition coefficient (Wildman–Crippen LogP) is 13.6. The number of rotatable bonds is 12. The Hall–Kier alpha value is -7.76. The van der Waals surface area contributed by atoms with Gasteiger partial charge in [0, 0.05) is 46.4 Å². The first-order valence-corrected chi connectivity index (χ1v) is 20.8. The molecule has 0 N–H and O–H groups in total. The van der Waals surface area contributed by atoms with Gasteiger partial charge in [0.25, 0.3) is 0 Å². The zero-order chi connectivity index (χ0) is 40.8. The molecule has 0 fully saturated rings. The lowest BCUT2D eigenvalue weighted by atomic mass is 9.89. The second-order valence-corrected chi connectivity index (χ2v) is 15.4. The maximum Gasteiger partial charge on any atom is 0.228 e. The van der Waals surface area contributed by atoms with Crippen LogP contribution in [0.5, 0.6) is 0 Å². The molecule has 0 amide bonds. The van der Waals surface area contributed by atoms with Crippen molar-refractivity contribution in [1.82, 2.24) is 19.9 Å². The number of fused-ring (bicyclic) bond motifs is 1. The standard InChI is InChI=1S/C56H42N4O/c1-4-14-43(15-5-1)51-30-28-39(36-57-51)24-26-41-32-42(27-25-40-29-31-52(58-37-40)44-16-6-2-7-17-44)34-46(33-41)47-20-10-11-21-48(47)50-38-59-54(45-18-8-3-9-19-45)35-49(50)56-60-53-22-12-13-23-55(53)61-56/h1-23,28-38H,24-27H2. The summed E-state index contributed by atoms with van der Waals surface area (Å²) in [4.78, 5) is 19.7. The molecule has 0 aliphatic rings. The summed E-state index contributed by atoms with van der Waals surface area (Å²) < 4.78 is 6.45. The molecule has 0 saturated heterocycles. The van der Waals surface area contributed by atoms with Gasteiger partial charge in [-0.1, -0.05) is 158 Å². The molecule has 10 aromatic rings. The number of hydrogen-bond donors (Lipinski definition) is 0. The quantitative estimate of drug-likeness (QED) is 0.123. The smallest absolute Gasteiger partial charge is 0.228 e. The Bertz CT molecular complexity index is 2910. The van der Waals surface area contributed by atoms with E-state index >= 15 is 0 Å². The van der Waals surface area contributed by atoms with Crippen LogP contribution < -0.4 is 0 Å². The summed E-state index contributed by atoms with van der Waals surface area (Å²) in [6, 6.07) is 65.4. The highest BCUT2D eigenvalue weighted by Gasteiger charge is 2.19. The molecular weight excluding hydrogens is 745 g/mol. The van der Waals surface area contributed by atoms with Crippen LogP contribution in [-0.4, -0.2) is 19.9 Å². The SMILES string of the molecule is c1ccc(-c2ccc(CCc3cc(CCc4ccc(-c5ccccc5)nc4)cc(-c4ccccc4-c4cnc(-c5ccccc5)cc4-c4nc5ccccc5o4)c3)cn2)cc1. The minimum Gasteiger partial charge on any atom is -0.436 e. The number of pyridine rings is 3. The first-order chi connectivity index (χ1) is 30.2. The number of para-hydroxylation sites is 2. The van der Waals surface area contributed by atoms with Gasteiger partial charge in [0.15, 0.2) is 5.58 Å². The third-order valence-corrected chi connectivity index (χ3v) is 11.3. The van der Waals surface area contributed by atoms with Crippen molar-refractivity contribution in [1.29, 1.82) is 0 Å². The van der Waals surface area contributed by atoms with Gasteiger partial charge >= 0.3 is 0 Å². The zero-order valence-corrected chi connectivity index (χ0v) is 33.7. The van der Waals surface area contributed by atoms with E-state index in [0.29, 0.717) is 5.89 Å². The van der Waals surface area contributed by atoms with E-state index in [1.54, 1.807) is 0 Å². The Morgan fingerprint density at radius 3 is 1.38 bits per heavy atom. The Balaban J connectivity index is 1.02. The fourth-order valence-corrected chi connectivity index (χ4v) is 8.06. The average molecular weight is 787 g/mol. The highest BCUT2D eigenvalue weighted by atomic mass is 16.3. The largest absolute Gasteiger partial charge is 0.436 e. The Morgan fingerprint density at radius 2 is 0.820 bits per heavy atom. The molecule has 0 unspecified atom stereocenters.